The number of rotatable bonds is 7. The maximum absolute atomic E-state index is 12.9. The van der Waals surface area contributed by atoms with Gasteiger partial charge in [-0.05, 0) is 45.7 Å². The predicted molar refractivity (Wildman–Crippen MR) is 108 cm³/mol. The third-order valence-corrected chi connectivity index (χ3v) is 8.76. The Morgan fingerprint density at radius 3 is 2.22 bits per heavy atom. The number of carbonyl (C=O) groups excluding carboxylic acids is 1. The van der Waals surface area contributed by atoms with Crippen LogP contribution in [0.5, 0.6) is 0 Å². The molecule has 6 nitrogen and oxygen atoms in total. The van der Waals surface area contributed by atoms with Crippen molar-refractivity contribution < 1.29 is 13.2 Å². The Morgan fingerprint density at radius 1 is 1.04 bits per heavy atom. The average Bonchev–Trinajstić information content (AvgIpc) is 2.64. The van der Waals surface area contributed by atoms with Crippen LogP contribution in [0.4, 0.5) is 0 Å². The van der Waals surface area contributed by atoms with Crippen molar-refractivity contribution in [2.75, 3.05) is 45.0 Å². The molecule has 0 aromatic heterocycles. The van der Waals surface area contributed by atoms with Crippen LogP contribution in [0.25, 0.3) is 0 Å². The number of piperidine rings is 1. The summed E-state index contributed by atoms with van der Waals surface area (Å²) in [6.07, 6.45) is 9.14. The Balaban J connectivity index is 1.57. The van der Waals surface area contributed by atoms with Crippen LogP contribution in [0.2, 0.25) is 0 Å². The first kappa shape index (κ1) is 21.1. The van der Waals surface area contributed by atoms with E-state index >= 15 is 0 Å². The van der Waals surface area contributed by atoms with Crippen molar-refractivity contribution in [2.45, 2.75) is 71.3 Å². The third kappa shape index (κ3) is 4.85. The number of carbonyl (C=O) groups is 1. The molecule has 3 fully saturated rings. The number of amides is 1. The zero-order valence-corrected chi connectivity index (χ0v) is 18.0. The van der Waals surface area contributed by atoms with E-state index < -0.39 is 10.0 Å². The second-order valence-electron chi connectivity index (χ2n) is 8.90. The summed E-state index contributed by atoms with van der Waals surface area (Å²) < 4.78 is 27.0. The van der Waals surface area contributed by atoms with Crippen molar-refractivity contribution in [3.05, 3.63) is 0 Å². The Morgan fingerprint density at radius 2 is 1.63 bits per heavy atom. The summed E-state index contributed by atoms with van der Waals surface area (Å²) in [5, 5.41) is 0. The normalized spacial score (nSPS) is 24.8. The van der Waals surface area contributed by atoms with Gasteiger partial charge in [-0.25, -0.2) is 8.42 Å². The molecule has 2 saturated heterocycles. The lowest BCUT2D eigenvalue weighted by Gasteiger charge is -2.48. The Labute approximate surface area is 165 Å². The van der Waals surface area contributed by atoms with Gasteiger partial charge in [0.05, 0.1) is 11.8 Å². The fourth-order valence-corrected chi connectivity index (χ4v) is 6.15. The standard InChI is InChI=1S/C20H37N3O3S/c1-3-27(25,26)23(15-14-21-12-8-5-9-13-21)18-16-22(17-18)19(24)20(2)10-6-4-7-11-20/h18H,3-17H2,1-2H3. The van der Waals surface area contributed by atoms with Crippen molar-refractivity contribution >= 4 is 15.9 Å². The first-order valence-corrected chi connectivity index (χ1v) is 12.5. The molecule has 0 aromatic carbocycles. The van der Waals surface area contributed by atoms with E-state index in [9.17, 15) is 13.2 Å². The third-order valence-electron chi connectivity index (χ3n) is 6.84. The summed E-state index contributed by atoms with van der Waals surface area (Å²) in [7, 11) is -3.24. The largest absolute Gasteiger partial charge is 0.339 e. The summed E-state index contributed by atoms with van der Waals surface area (Å²) in [5.41, 5.74) is -0.231. The molecule has 2 aliphatic heterocycles. The van der Waals surface area contributed by atoms with Gasteiger partial charge >= 0.3 is 0 Å². The molecule has 2 heterocycles. The molecule has 0 radical (unpaired) electrons. The lowest BCUT2D eigenvalue weighted by molar-refractivity contribution is -0.149. The molecule has 0 spiro atoms. The maximum atomic E-state index is 12.9. The van der Waals surface area contributed by atoms with E-state index in [0.717, 1.165) is 45.3 Å². The maximum Gasteiger partial charge on any atom is 0.228 e. The molecule has 0 N–H and O–H groups in total. The van der Waals surface area contributed by atoms with Crippen molar-refractivity contribution in [3.8, 4) is 0 Å². The van der Waals surface area contributed by atoms with E-state index in [-0.39, 0.29) is 23.1 Å². The van der Waals surface area contributed by atoms with Crippen molar-refractivity contribution in [3.63, 3.8) is 0 Å². The molecule has 3 rings (SSSR count). The molecule has 7 heteroatoms. The second kappa shape index (κ2) is 8.78. The van der Waals surface area contributed by atoms with Crippen LogP contribution in [-0.2, 0) is 14.8 Å². The van der Waals surface area contributed by atoms with Gasteiger partial charge in [-0.3, -0.25) is 4.79 Å². The predicted octanol–water partition coefficient (Wildman–Crippen LogP) is 2.31. The highest BCUT2D eigenvalue weighted by atomic mass is 32.2. The summed E-state index contributed by atoms with van der Waals surface area (Å²) >= 11 is 0. The molecular formula is C20H37N3O3S. The van der Waals surface area contributed by atoms with Gasteiger partial charge in [-0.2, -0.15) is 4.31 Å². The van der Waals surface area contributed by atoms with E-state index in [1.54, 1.807) is 11.2 Å². The molecule has 0 unspecified atom stereocenters. The molecule has 1 amide bonds. The molecule has 27 heavy (non-hydrogen) atoms. The van der Waals surface area contributed by atoms with Gasteiger partial charge in [0.15, 0.2) is 0 Å². The number of nitrogens with zero attached hydrogens (tertiary/aromatic N) is 3. The topological polar surface area (TPSA) is 60.9 Å². The zero-order valence-electron chi connectivity index (χ0n) is 17.2. The summed E-state index contributed by atoms with van der Waals surface area (Å²) in [4.78, 5) is 17.2. The summed E-state index contributed by atoms with van der Waals surface area (Å²) in [5.74, 6) is 0.373. The van der Waals surface area contributed by atoms with Gasteiger partial charge in [0.2, 0.25) is 15.9 Å². The van der Waals surface area contributed by atoms with E-state index in [4.69, 9.17) is 0 Å². The van der Waals surface area contributed by atoms with E-state index in [1.165, 1.54) is 25.7 Å². The highest BCUT2D eigenvalue weighted by Gasteiger charge is 2.45. The van der Waals surface area contributed by atoms with Crippen LogP contribution < -0.4 is 0 Å². The highest BCUT2D eigenvalue weighted by molar-refractivity contribution is 7.89. The number of hydrogen-bond donors (Lipinski definition) is 0. The minimum absolute atomic E-state index is 0.0455. The first-order chi connectivity index (χ1) is 12.9. The van der Waals surface area contributed by atoms with Gasteiger partial charge < -0.3 is 9.80 Å². The van der Waals surface area contributed by atoms with Crippen LogP contribution >= 0.6 is 0 Å². The molecule has 0 aromatic rings. The zero-order chi connectivity index (χ0) is 19.5. The van der Waals surface area contributed by atoms with Crippen LogP contribution in [0.3, 0.4) is 0 Å². The molecule has 1 aliphatic carbocycles. The van der Waals surface area contributed by atoms with Crippen molar-refractivity contribution in [1.29, 1.82) is 0 Å². The Kier molecular flexibility index (Phi) is 6.85. The average molecular weight is 400 g/mol. The first-order valence-electron chi connectivity index (χ1n) is 10.9. The summed E-state index contributed by atoms with van der Waals surface area (Å²) in [6, 6.07) is -0.0455. The fraction of sp³-hybridized carbons (Fsp3) is 0.950. The van der Waals surface area contributed by atoms with Gasteiger partial charge in [0.1, 0.15) is 0 Å². The Hall–Kier alpha value is -0.660. The molecule has 0 bridgehead atoms. The van der Waals surface area contributed by atoms with Crippen molar-refractivity contribution in [2.24, 2.45) is 5.41 Å². The smallest absolute Gasteiger partial charge is 0.228 e. The molecular weight excluding hydrogens is 362 g/mol. The molecule has 156 valence electrons. The highest BCUT2D eigenvalue weighted by Crippen LogP contribution is 2.38. The van der Waals surface area contributed by atoms with Crippen LogP contribution in [0.1, 0.15) is 65.2 Å². The monoisotopic (exact) mass is 399 g/mol. The SMILES string of the molecule is CCS(=O)(=O)N(CCN1CCCCC1)C1CN(C(=O)C2(C)CCCCC2)C1. The van der Waals surface area contributed by atoms with Gasteiger partial charge in [-0.1, -0.05) is 32.6 Å². The number of sulfonamides is 1. The van der Waals surface area contributed by atoms with E-state index in [1.807, 2.05) is 4.90 Å². The lowest BCUT2D eigenvalue weighted by Crippen LogP contribution is -2.65. The molecule has 0 atom stereocenters. The minimum Gasteiger partial charge on any atom is -0.339 e. The van der Waals surface area contributed by atoms with Gasteiger partial charge in [0.25, 0.3) is 0 Å². The van der Waals surface area contributed by atoms with Crippen LogP contribution in [0.15, 0.2) is 0 Å². The van der Waals surface area contributed by atoms with Crippen LogP contribution in [0, 0.1) is 5.41 Å². The van der Waals surface area contributed by atoms with Gasteiger partial charge in [0, 0.05) is 31.6 Å². The summed E-state index contributed by atoms with van der Waals surface area (Å²) in [6.45, 7) is 8.46. The second-order valence-corrected chi connectivity index (χ2v) is 11.1. The Bertz CT molecular complexity index is 604. The molecule has 1 saturated carbocycles. The van der Waals surface area contributed by atoms with Crippen molar-refractivity contribution in [1.82, 2.24) is 14.1 Å². The quantitative estimate of drug-likeness (QED) is 0.659. The van der Waals surface area contributed by atoms with Gasteiger partial charge in [-0.15, -0.1) is 0 Å². The fourth-order valence-electron chi connectivity index (χ4n) is 4.87. The number of likely N-dealkylation sites (tertiary alicyclic amines) is 2. The number of hydrogen-bond acceptors (Lipinski definition) is 4. The molecule has 3 aliphatic rings. The lowest BCUT2D eigenvalue weighted by atomic mass is 9.74. The van der Waals surface area contributed by atoms with E-state index in [0.29, 0.717) is 19.6 Å². The van der Waals surface area contributed by atoms with E-state index in [2.05, 4.69) is 11.8 Å². The minimum atomic E-state index is -3.24. The van der Waals surface area contributed by atoms with Crippen LogP contribution in [-0.4, -0.2) is 79.5 Å².